The SMILES string of the molecule is CC1(C)OB(B2OC(C)(C)C(C)(C)O2)OC1(C)C.CC1(C)OB(c2cc3c4c(c2)N(c2ccccc2)c2ccccc2B4c2ccccc2N3c2ccccc2)OC1(C)C.Clc1cc2c3c(c1)N(c1ccccc1)c1ccccc1B3c1ccccc1N2c1ccccc1. The van der Waals surface area contributed by atoms with E-state index in [2.05, 4.69) is 290 Å². The Morgan fingerprint density at radius 1 is 0.266 bits per heavy atom. The fourth-order valence-electron chi connectivity index (χ4n) is 14.3. The molecule has 0 aromatic heterocycles. The maximum Gasteiger partial charge on any atom is 0.494 e. The standard InChI is InChI=1S/C36H32B2N2O2.C30H20BClN2.C12H24B2O4/c1-35(2)36(3,4)42-38(41-35)25-23-32-34-33(24-25)40(27-17-9-6-10-18-27)31-22-14-12-20-29(31)37(34)28-19-11-13-21-30(28)39(32)26-15-7-5-8-16-26;32-21-19-28-30-29(20-21)34(23-13-5-2-6-14-23)27-18-10-8-16-25(27)31(30)24-15-7-9-17-26(24)33(28)22-11-3-1-4-12-22;1-9(2)10(3,4)16-13(15-9)14-17-11(5,6)12(7,8)18-14/h5-24H,1-4H3;1-20H;1-8H3. The average molecular weight is 1260 g/mol. The maximum absolute atomic E-state index is 6.84. The lowest BCUT2D eigenvalue weighted by atomic mass is 9.33. The molecule has 0 radical (unpaired) electrons. The van der Waals surface area contributed by atoms with E-state index in [1.165, 1.54) is 55.5 Å². The highest BCUT2D eigenvalue weighted by atomic mass is 35.5. The first-order valence-electron chi connectivity index (χ1n) is 32.9. The first kappa shape index (κ1) is 61.9. The molecule has 10 aromatic rings. The zero-order chi connectivity index (χ0) is 65.3. The number of nitrogens with zero attached hydrogens (tertiary/aromatic N) is 4. The van der Waals surface area contributed by atoms with Crippen molar-refractivity contribution in [2.75, 3.05) is 19.6 Å². The van der Waals surface area contributed by atoms with Gasteiger partial charge in [-0.05, 0) is 218 Å². The van der Waals surface area contributed by atoms with E-state index in [1.807, 2.05) is 55.4 Å². The second-order valence-corrected chi connectivity index (χ2v) is 28.9. The molecule has 0 amide bonds. The van der Waals surface area contributed by atoms with Crippen molar-refractivity contribution < 1.29 is 27.9 Å². The summed E-state index contributed by atoms with van der Waals surface area (Å²) in [7, 11) is -1.44. The number of para-hydroxylation sites is 8. The number of rotatable bonds is 6. The van der Waals surface area contributed by atoms with Gasteiger partial charge in [-0.2, -0.15) is 0 Å². The van der Waals surface area contributed by atoms with Gasteiger partial charge < -0.3 is 47.5 Å². The largest absolute Gasteiger partial charge is 0.494 e. The Labute approximate surface area is 561 Å². The Morgan fingerprint density at radius 3 is 0.755 bits per heavy atom. The molecule has 466 valence electrons. The summed E-state index contributed by atoms with van der Waals surface area (Å²) in [5, 5.41) is 0.730. The summed E-state index contributed by atoms with van der Waals surface area (Å²) >= 11 is 6.84. The molecule has 7 aliphatic rings. The molecule has 0 atom stereocenters. The van der Waals surface area contributed by atoms with Gasteiger partial charge in [-0.3, -0.25) is 0 Å². The molecule has 7 aliphatic heterocycles. The number of benzene rings is 10. The lowest BCUT2D eigenvalue weighted by molar-refractivity contribution is 0.00578. The van der Waals surface area contributed by atoms with Crippen LogP contribution < -0.4 is 57.8 Å². The highest BCUT2D eigenvalue weighted by molar-refractivity contribution is 7.11. The molecular formula is C78H76B5ClN4O6. The van der Waals surface area contributed by atoms with Crippen LogP contribution >= 0.6 is 11.6 Å². The van der Waals surface area contributed by atoms with Gasteiger partial charge in [0, 0.05) is 73.3 Å². The van der Waals surface area contributed by atoms with Gasteiger partial charge in [-0.25, -0.2) is 0 Å². The Hall–Kier alpha value is -8.23. The van der Waals surface area contributed by atoms with Gasteiger partial charge >= 0.3 is 21.1 Å². The van der Waals surface area contributed by atoms with Gasteiger partial charge in [-0.1, -0.05) is 157 Å². The number of halogens is 1. The molecule has 0 saturated carbocycles. The highest BCUT2D eigenvalue weighted by Gasteiger charge is 2.64. The lowest BCUT2D eigenvalue weighted by Crippen LogP contribution is -2.62. The molecule has 0 unspecified atom stereocenters. The predicted molar refractivity (Wildman–Crippen MR) is 394 cm³/mol. The third-order valence-corrected chi connectivity index (χ3v) is 21.3. The fraction of sp³-hybridized carbons (Fsp3) is 0.231. The lowest BCUT2D eigenvalue weighted by Gasteiger charge is -2.44. The zero-order valence-corrected chi connectivity index (χ0v) is 56.4. The summed E-state index contributed by atoms with van der Waals surface area (Å²) < 4.78 is 37.1. The monoisotopic (exact) mass is 1250 g/mol. The van der Waals surface area contributed by atoms with E-state index in [-0.39, 0.29) is 35.8 Å². The third-order valence-electron chi connectivity index (χ3n) is 21.1. The van der Waals surface area contributed by atoms with Crippen LogP contribution in [0.1, 0.15) is 83.1 Å². The molecule has 17 rings (SSSR count). The molecule has 0 aliphatic carbocycles. The summed E-state index contributed by atoms with van der Waals surface area (Å²) in [6.07, 6.45) is 0. The topological polar surface area (TPSA) is 68.3 Å². The molecule has 10 nitrogen and oxygen atoms in total. The third kappa shape index (κ3) is 10.2. The summed E-state index contributed by atoms with van der Waals surface area (Å²) in [5.41, 5.74) is 20.4. The molecule has 0 bridgehead atoms. The first-order chi connectivity index (χ1) is 45.0. The van der Waals surface area contributed by atoms with Crippen molar-refractivity contribution in [3.05, 3.63) is 248 Å². The van der Waals surface area contributed by atoms with Gasteiger partial charge in [0.15, 0.2) is 0 Å². The van der Waals surface area contributed by atoms with Gasteiger partial charge in [0.05, 0.1) is 33.6 Å². The normalized spacial score (nSPS) is 18.8. The van der Waals surface area contributed by atoms with Crippen LogP contribution in [-0.4, -0.2) is 68.2 Å². The minimum atomic E-state index is -0.486. The van der Waals surface area contributed by atoms with Crippen molar-refractivity contribution in [1.29, 1.82) is 0 Å². The first-order valence-corrected chi connectivity index (χ1v) is 33.3. The molecular weight excluding hydrogens is 1180 g/mol. The smallest absolute Gasteiger partial charge is 0.405 e. The van der Waals surface area contributed by atoms with Crippen molar-refractivity contribution >= 4 is 153 Å². The number of hydrogen-bond donors (Lipinski definition) is 0. The molecule has 7 heterocycles. The van der Waals surface area contributed by atoms with Crippen LogP contribution in [0.5, 0.6) is 0 Å². The van der Waals surface area contributed by atoms with Crippen molar-refractivity contribution in [2.24, 2.45) is 0 Å². The van der Waals surface area contributed by atoms with Gasteiger partial charge in [-0.15, -0.1) is 0 Å². The van der Waals surface area contributed by atoms with Crippen LogP contribution in [0.25, 0.3) is 0 Å². The van der Waals surface area contributed by atoms with Gasteiger partial charge in [0.2, 0.25) is 0 Å². The van der Waals surface area contributed by atoms with Crippen LogP contribution in [0.4, 0.5) is 68.2 Å². The van der Waals surface area contributed by atoms with E-state index in [9.17, 15) is 0 Å². The average Bonchev–Trinajstić information content (AvgIpc) is 0.821. The Balaban J connectivity index is 0.000000125. The van der Waals surface area contributed by atoms with E-state index in [0.29, 0.717) is 0 Å². The zero-order valence-electron chi connectivity index (χ0n) is 55.6. The summed E-state index contributed by atoms with van der Waals surface area (Å²) in [5.74, 6) is 0. The number of hydrogen-bond acceptors (Lipinski definition) is 10. The second kappa shape index (κ2) is 23.0. The van der Waals surface area contributed by atoms with Gasteiger partial charge in [0.25, 0.3) is 13.4 Å². The summed E-state index contributed by atoms with van der Waals surface area (Å²) in [6.45, 7) is 24.9. The van der Waals surface area contributed by atoms with Crippen molar-refractivity contribution in [3.8, 4) is 0 Å². The summed E-state index contributed by atoms with van der Waals surface area (Å²) in [6, 6.07) is 86.5. The number of fused-ring (bicyclic) bond motifs is 8. The van der Waals surface area contributed by atoms with E-state index in [1.54, 1.807) is 0 Å². The van der Waals surface area contributed by atoms with Crippen molar-refractivity contribution in [3.63, 3.8) is 0 Å². The van der Waals surface area contributed by atoms with E-state index < -0.39 is 32.3 Å². The fourth-order valence-corrected chi connectivity index (χ4v) is 14.5. The maximum atomic E-state index is 6.84. The molecule has 0 spiro atoms. The summed E-state index contributed by atoms with van der Waals surface area (Å²) in [4.78, 5) is 9.54. The Kier molecular flexibility index (Phi) is 15.2. The van der Waals surface area contributed by atoms with Crippen LogP contribution in [-0.2, 0) is 27.9 Å². The highest BCUT2D eigenvalue weighted by Crippen LogP contribution is 2.48. The Bertz CT molecular complexity index is 4220. The molecule has 3 saturated heterocycles. The van der Waals surface area contributed by atoms with E-state index >= 15 is 0 Å². The quantitative estimate of drug-likeness (QED) is 0.150. The minimum absolute atomic E-state index is 0.0923. The molecule has 16 heteroatoms. The Morgan fingerprint density at radius 2 is 0.489 bits per heavy atom. The van der Waals surface area contributed by atoms with E-state index in [0.717, 1.165) is 56.0 Å². The molecule has 0 N–H and O–H groups in total. The van der Waals surface area contributed by atoms with Crippen LogP contribution in [0, 0.1) is 0 Å². The molecule has 3 fully saturated rings. The van der Waals surface area contributed by atoms with Crippen molar-refractivity contribution in [1.82, 2.24) is 0 Å². The second-order valence-electron chi connectivity index (χ2n) is 28.5. The van der Waals surface area contributed by atoms with Gasteiger partial charge in [0.1, 0.15) is 0 Å². The number of anilines is 12. The van der Waals surface area contributed by atoms with Crippen molar-refractivity contribution in [2.45, 2.75) is 117 Å². The minimum Gasteiger partial charge on any atom is -0.405 e. The predicted octanol–water partition coefficient (Wildman–Crippen LogP) is 14.7. The van der Waals surface area contributed by atoms with E-state index in [4.69, 9.17) is 39.5 Å². The van der Waals surface area contributed by atoms with Crippen LogP contribution in [0.15, 0.2) is 243 Å². The van der Waals surface area contributed by atoms with Crippen LogP contribution in [0.2, 0.25) is 5.02 Å². The molecule has 10 aromatic carbocycles. The molecule has 94 heavy (non-hydrogen) atoms. The van der Waals surface area contributed by atoms with Crippen LogP contribution in [0.3, 0.4) is 0 Å².